The number of benzene rings is 1. The summed E-state index contributed by atoms with van der Waals surface area (Å²) in [5, 5.41) is 10.6. The fraction of sp³-hybridized carbons (Fsp3) is 0.158. The van der Waals surface area contributed by atoms with Gasteiger partial charge in [-0.3, -0.25) is 4.79 Å². The van der Waals surface area contributed by atoms with E-state index in [9.17, 15) is 9.90 Å². The summed E-state index contributed by atoms with van der Waals surface area (Å²) in [5.74, 6) is 0.497. The van der Waals surface area contributed by atoms with Gasteiger partial charge in [0.05, 0.1) is 15.5 Å². The van der Waals surface area contributed by atoms with E-state index in [1.165, 1.54) is 11.8 Å². The van der Waals surface area contributed by atoms with Gasteiger partial charge in [-0.15, -0.1) is 11.8 Å². The van der Waals surface area contributed by atoms with Crippen molar-refractivity contribution < 1.29 is 9.90 Å². The largest absolute Gasteiger partial charge is 0.505 e. The molecule has 3 aromatic rings. The molecule has 1 aromatic carbocycles. The van der Waals surface area contributed by atoms with Crippen molar-refractivity contribution in [1.82, 2.24) is 4.40 Å². The van der Waals surface area contributed by atoms with Gasteiger partial charge in [0, 0.05) is 17.3 Å². The molecule has 3 rings (SSSR count). The third-order valence-corrected chi connectivity index (χ3v) is 5.31. The van der Waals surface area contributed by atoms with E-state index in [1.807, 2.05) is 53.9 Å². The number of ketones is 1. The molecule has 0 spiro atoms. The molecule has 0 fully saturated rings. The van der Waals surface area contributed by atoms with Gasteiger partial charge in [-0.25, -0.2) is 0 Å². The second-order valence-corrected chi connectivity index (χ2v) is 7.00. The van der Waals surface area contributed by atoms with Gasteiger partial charge in [0.1, 0.15) is 11.4 Å². The number of aromatic hydroxyl groups is 1. The fourth-order valence-corrected chi connectivity index (χ4v) is 3.85. The van der Waals surface area contributed by atoms with Gasteiger partial charge in [0.15, 0.2) is 5.78 Å². The van der Waals surface area contributed by atoms with Gasteiger partial charge in [-0.2, -0.15) is 0 Å². The standard InChI is InChI=1S/C19H17NO2S2/c1-2-14-15-10-6-7-11-20(15)17(18(14)22)19(23)24-12-16(21)13-8-4-3-5-9-13/h3-11,22H,2,12H2,1H3. The minimum Gasteiger partial charge on any atom is -0.505 e. The first-order valence-electron chi connectivity index (χ1n) is 7.69. The van der Waals surface area contributed by atoms with Gasteiger partial charge in [-0.1, -0.05) is 55.5 Å². The Hall–Kier alpha value is -2.11. The molecule has 0 unspecified atom stereocenters. The number of thioether (sulfide) groups is 1. The molecule has 0 saturated carbocycles. The van der Waals surface area contributed by atoms with E-state index in [0.717, 1.165) is 17.5 Å². The second kappa shape index (κ2) is 7.20. The highest BCUT2D eigenvalue weighted by Crippen LogP contribution is 2.33. The predicted molar refractivity (Wildman–Crippen MR) is 103 cm³/mol. The first-order chi connectivity index (χ1) is 11.6. The molecule has 122 valence electrons. The van der Waals surface area contributed by atoms with E-state index >= 15 is 0 Å². The average Bonchev–Trinajstić information content (AvgIpc) is 2.91. The quantitative estimate of drug-likeness (QED) is 0.540. The first kappa shape index (κ1) is 16.7. The lowest BCUT2D eigenvalue weighted by atomic mass is 10.2. The van der Waals surface area contributed by atoms with Crippen LogP contribution in [0.3, 0.4) is 0 Å². The van der Waals surface area contributed by atoms with Crippen LogP contribution < -0.4 is 0 Å². The van der Waals surface area contributed by atoms with Crippen LogP contribution in [0.15, 0.2) is 54.7 Å². The van der Waals surface area contributed by atoms with E-state index < -0.39 is 0 Å². The maximum atomic E-state index is 12.2. The van der Waals surface area contributed by atoms with Gasteiger partial charge in [0.2, 0.25) is 0 Å². The van der Waals surface area contributed by atoms with Crippen molar-refractivity contribution in [2.24, 2.45) is 0 Å². The Bertz CT molecular complexity index is 900. The molecule has 1 N–H and O–H groups in total. The third-order valence-electron chi connectivity index (χ3n) is 3.90. The summed E-state index contributed by atoms with van der Waals surface area (Å²) in [6, 6.07) is 15.0. The molecule has 0 aliphatic heterocycles. The number of pyridine rings is 1. The maximum absolute atomic E-state index is 12.2. The molecule has 24 heavy (non-hydrogen) atoms. The predicted octanol–water partition coefficient (Wildman–Crippen LogP) is 4.50. The van der Waals surface area contributed by atoms with Gasteiger partial charge in [0.25, 0.3) is 0 Å². The molecular weight excluding hydrogens is 338 g/mol. The number of hydrogen-bond donors (Lipinski definition) is 1. The summed E-state index contributed by atoms with van der Waals surface area (Å²) in [7, 11) is 0. The molecule has 0 radical (unpaired) electrons. The van der Waals surface area contributed by atoms with Crippen molar-refractivity contribution in [3.63, 3.8) is 0 Å². The van der Waals surface area contributed by atoms with Crippen molar-refractivity contribution in [2.75, 3.05) is 5.75 Å². The van der Waals surface area contributed by atoms with Gasteiger partial charge < -0.3 is 9.51 Å². The minimum atomic E-state index is 0.0269. The van der Waals surface area contributed by atoms with Crippen LogP contribution in [0.1, 0.15) is 28.5 Å². The lowest BCUT2D eigenvalue weighted by molar-refractivity contribution is 0.102. The van der Waals surface area contributed by atoms with Crippen molar-refractivity contribution in [2.45, 2.75) is 13.3 Å². The molecule has 3 nitrogen and oxygen atoms in total. The molecule has 0 aliphatic rings. The number of thiocarbonyl (C=S) groups is 1. The number of Topliss-reactive ketones (excluding diaryl/α,β-unsaturated/α-hetero) is 1. The number of fused-ring (bicyclic) bond motifs is 1. The van der Waals surface area contributed by atoms with Crippen molar-refractivity contribution in [3.8, 4) is 5.75 Å². The third kappa shape index (κ3) is 3.09. The van der Waals surface area contributed by atoms with Crippen LogP contribution in [0.25, 0.3) is 5.52 Å². The summed E-state index contributed by atoms with van der Waals surface area (Å²) in [6.07, 6.45) is 2.60. The molecule has 2 heterocycles. The summed E-state index contributed by atoms with van der Waals surface area (Å²) in [6.45, 7) is 2.00. The Kier molecular flexibility index (Phi) is 5.02. The minimum absolute atomic E-state index is 0.0269. The highest BCUT2D eigenvalue weighted by molar-refractivity contribution is 8.24. The van der Waals surface area contributed by atoms with E-state index in [1.54, 1.807) is 12.1 Å². The van der Waals surface area contributed by atoms with E-state index in [0.29, 0.717) is 15.5 Å². The molecule has 0 atom stereocenters. The average molecular weight is 355 g/mol. The van der Waals surface area contributed by atoms with Crippen molar-refractivity contribution in [3.05, 3.63) is 71.5 Å². The fourth-order valence-electron chi connectivity index (χ4n) is 2.71. The van der Waals surface area contributed by atoms with Crippen LogP contribution in [-0.2, 0) is 6.42 Å². The molecule has 0 aliphatic carbocycles. The lowest BCUT2D eigenvalue weighted by Gasteiger charge is -2.05. The van der Waals surface area contributed by atoms with Gasteiger partial charge >= 0.3 is 0 Å². The Labute approximate surface area is 150 Å². The number of aromatic nitrogens is 1. The van der Waals surface area contributed by atoms with Crippen LogP contribution in [0.5, 0.6) is 5.75 Å². The normalized spacial score (nSPS) is 10.9. The zero-order chi connectivity index (χ0) is 17.1. The summed E-state index contributed by atoms with van der Waals surface area (Å²) in [5.41, 5.74) is 3.10. The smallest absolute Gasteiger partial charge is 0.173 e. The lowest BCUT2D eigenvalue weighted by Crippen LogP contribution is -2.06. The van der Waals surface area contributed by atoms with Crippen LogP contribution in [-0.4, -0.2) is 25.2 Å². The SMILES string of the molecule is CCc1c(O)c(C(=S)SCC(=O)c2ccccc2)n2ccccc12. The monoisotopic (exact) mass is 355 g/mol. The van der Waals surface area contributed by atoms with Crippen LogP contribution in [0.2, 0.25) is 0 Å². The summed E-state index contributed by atoms with van der Waals surface area (Å²) in [4.78, 5) is 12.2. The molecule has 5 heteroatoms. The number of nitrogens with zero attached hydrogens (tertiary/aromatic N) is 1. The molecule has 0 saturated heterocycles. The molecule has 0 bridgehead atoms. The highest BCUT2D eigenvalue weighted by Gasteiger charge is 2.20. The second-order valence-electron chi connectivity index (χ2n) is 5.35. The number of carbonyl (C=O) groups excluding carboxylic acids is 1. The maximum Gasteiger partial charge on any atom is 0.173 e. The number of hydrogen-bond acceptors (Lipinski definition) is 4. The first-order valence-corrected chi connectivity index (χ1v) is 9.09. The van der Waals surface area contributed by atoms with Gasteiger partial charge in [-0.05, 0) is 18.6 Å². The van der Waals surface area contributed by atoms with E-state index in [-0.39, 0.29) is 17.3 Å². The Morgan fingerprint density at radius 3 is 2.58 bits per heavy atom. The topological polar surface area (TPSA) is 41.7 Å². The zero-order valence-electron chi connectivity index (χ0n) is 13.2. The van der Waals surface area contributed by atoms with Crippen LogP contribution in [0.4, 0.5) is 0 Å². The Morgan fingerprint density at radius 2 is 1.88 bits per heavy atom. The van der Waals surface area contributed by atoms with E-state index in [2.05, 4.69) is 0 Å². The Morgan fingerprint density at radius 1 is 1.17 bits per heavy atom. The summed E-state index contributed by atoms with van der Waals surface area (Å²) >= 11 is 6.78. The Balaban J connectivity index is 1.85. The van der Waals surface area contributed by atoms with Crippen LogP contribution in [0, 0.1) is 0 Å². The number of aryl methyl sites for hydroxylation is 1. The summed E-state index contributed by atoms with van der Waals surface area (Å²) < 4.78 is 2.42. The van der Waals surface area contributed by atoms with Crippen LogP contribution >= 0.6 is 24.0 Å². The molecule has 0 amide bonds. The van der Waals surface area contributed by atoms with E-state index in [4.69, 9.17) is 12.2 Å². The number of carbonyl (C=O) groups is 1. The van der Waals surface area contributed by atoms with Crippen molar-refractivity contribution >= 4 is 39.5 Å². The zero-order valence-corrected chi connectivity index (χ0v) is 14.9. The molecule has 2 aromatic heterocycles. The molecular formula is C19H17NO2S2. The number of rotatable bonds is 5. The van der Waals surface area contributed by atoms with Crippen molar-refractivity contribution in [1.29, 1.82) is 0 Å². The highest BCUT2D eigenvalue weighted by atomic mass is 32.2.